The van der Waals surface area contributed by atoms with Crippen LogP contribution in [0.15, 0.2) is 36.7 Å². The smallest absolute Gasteiger partial charge is 0.415 e. The number of hydrogen-bond donors (Lipinski definition) is 0. The number of aromatic nitrogens is 2. The van der Waals surface area contributed by atoms with Gasteiger partial charge in [-0.2, -0.15) is 18.3 Å². The molecule has 1 atom stereocenters. The summed E-state index contributed by atoms with van der Waals surface area (Å²) >= 11 is 0. The van der Waals surface area contributed by atoms with Crippen molar-refractivity contribution in [2.75, 3.05) is 26.8 Å². The summed E-state index contributed by atoms with van der Waals surface area (Å²) in [7, 11) is 1.56. The summed E-state index contributed by atoms with van der Waals surface area (Å²) in [6.07, 6.45) is -2.64. The second-order valence-corrected chi connectivity index (χ2v) is 5.58. The number of nitrogens with zero attached hydrogens (tertiary/aromatic N) is 3. The molecule has 1 aliphatic heterocycles. The van der Waals surface area contributed by atoms with Gasteiger partial charge < -0.3 is 9.47 Å². The Kier molecular flexibility index (Phi) is 4.77. The Morgan fingerprint density at radius 1 is 1.38 bits per heavy atom. The average Bonchev–Trinajstić information content (AvgIpc) is 3.08. The van der Waals surface area contributed by atoms with Gasteiger partial charge in [0.15, 0.2) is 6.10 Å². The van der Waals surface area contributed by atoms with E-state index >= 15 is 0 Å². The molecule has 0 radical (unpaired) electrons. The van der Waals surface area contributed by atoms with Gasteiger partial charge in [0.25, 0.3) is 0 Å². The van der Waals surface area contributed by atoms with Crippen LogP contribution in [0.3, 0.4) is 0 Å². The molecular formula is C16H18F3N3O2. The van der Waals surface area contributed by atoms with Crippen LogP contribution in [-0.4, -0.2) is 53.8 Å². The lowest BCUT2D eigenvalue weighted by atomic mass is 10.1. The third-order valence-corrected chi connectivity index (χ3v) is 3.95. The number of hydrogen-bond acceptors (Lipinski definition) is 4. The summed E-state index contributed by atoms with van der Waals surface area (Å²) < 4.78 is 50.4. The molecule has 0 aliphatic carbocycles. The Morgan fingerprint density at radius 2 is 2.21 bits per heavy atom. The predicted octanol–water partition coefficient (Wildman–Crippen LogP) is 2.64. The third-order valence-electron chi connectivity index (χ3n) is 3.95. The highest BCUT2D eigenvalue weighted by Crippen LogP contribution is 2.28. The van der Waals surface area contributed by atoms with Gasteiger partial charge in [0, 0.05) is 32.0 Å². The lowest BCUT2D eigenvalue weighted by Crippen LogP contribution is -2.48. The zero-order valence-electron chi connectivity index (χ0n) is 13.2. The van der Waals surface area contributed by atoms with Gasteiger partial charge in [0.2, 0.25) is 0 Å². The van der Waals surface area contributed by atoms with Crippen LogP contribution >= 0.6 is 0 Å². The number of rotatable bonds is 4. The quantitative estimate of drug-likeness (QED) is 0.857. The molecule has 130 valence electrons. The zero-order valence-corrected chi connectivity index (χ0v) is 13.2. The summed E-state index contributed by atoms with van der Waals surface area (Å²) in [6.45, 7) is 0.690. The zero-order chi connectivity index (χ0) is 17.2. The Labute approximate surface area is 137 Å². The van der Waals surface area contributed by atoms with E-state index in [2.05, 4.69) is 5.10 Å². The van der Waals surface area contributed by atoms with E-state index in [0.717, 1.165) is 11.3 Å². The van der Waals surface area contributed by atoms with Gasteiger partial charge in [-0.15, -0.1) is 0 Å². The second-order valence-electron chi connectivity index (χ2n) is 5.58. The second kappa shape index (κ2) is 6.82. The maximum absolute atomic E-state index is 12.9. The number of ether oxygens (including phenoxy) is 2. The van der Waals surface area contributed by atoms with Crippen molar-refractivity contribution in [1.29, 1.82) is 0 Å². The highest BCUT2D eigenvalue weighted by molar-refractivity contribution is 5.45. The summed E-state index contributed by atoms with van der Waals surface area (Å²) in [4.78, 5) is 1.74. The fraction of sp³-hybridized carbons (Fsp3) is 0.438. The van der Waals surface area contributed by atoms with Crippen molar-refractivity contribution in [3.05, 3.63) is 42.2 Å². The molecular weight excluding hydrogens is 323 g/mol. The van der Waals surface area contributed by atoms with E-state index < -0.39 is 12.3 Å². The number of alkyl halides is 3. The molecule has 1 aromatic carbocycles. The molecule has 0 spiro atoms. The first kappa shape index (κ1) is 16.8. The molecule has 0 saturated carbocycles. The number of morpholine rings is 1. The van der Waals surface area contributed by atoms with Gasteiger partial charge in [0.1, 0.15) is 5.75 Å². The van der Waals surface area contributed by atoms with Gasteiger partial charge in [-0.1, -0.05) is 0 Å². The molecule has 0 bridgehead atoms. The van der Waals surface area contributed by atoms with Crippen molar-refractivity contribution < 1.29 is 22.6 Å². The molecule has 3 rings (SSSR count). The minimum Gasteiger partial charge on any atom is -0.497 e. The number of halogens is 3. The van der Waals surface area contributed by atoms with E-state index in [-0.39, 0.29) is 13.2 Å². The first-order valence-electron chi connectivity index (χ1n) is 7.55. The monoisotopic (exact) mass is 341 g/mol. The standard InChI is InChI=1S/C16H18F3N3O2/c1-23-13-3-4-14(22-6-2-5-20-22)12(9-13)10-21-7-8-24-15(11-21)16(17,18)19/h2-6,9,15H,7-8,10-11H2,1H3/t15-/m0/s1. The van der Waals surface area contributed by atoms with Gasteiger partial charge >= 0.3 is 6.18 Å². The molecule has 1 aromatic heterocycles. The molecule has 2 heterocycles. The van der Waals surface area contributed by atoms with Crippen LogP contribution < -0.4 is 4.74 Å². The van der Waals surface area contributed by atoms with Crippen LogP contribution in [0, 0.1) is 0 Å². The number of methoxy groups -OCH3 is 1. The van der Waals surface area contributed by atoms with Crippen LogP contribution in [0.4, 0.5) is 13.2 Å². The first-order chi connectivity index (χ1) is 11.5. The van der Waals surface area contributed by atoms with E-state index in [4.69, 9.17) is 9.47 Å². The molecule has 1 saturated heterocycles. The van der Waals surface area contributed by atoms with E-state index in [1.807, 2.05) is 12.1 Å². The van der Waals surface area contributed by atoms with Crippen molar-refractivity contribution >= 4 is 0 Å². The molecule has 24 heavy (non-hydrogen) atoms. The highest BCUT2D eigenvalue weighted by atomic mass is 19.4. The third kappa shape index (κ3) is 3.70. The largest absolute Gasteiger partial charge is 0.497 e. The first-order valence-corrected chi connectivity index (χ1v) is 7.55. The normalized spacial score (nSPS) is 19.4. The van der Waals surface area contributed by atoms with Crippen LogP contribution in [0.5, 0.6) is 5.75 Å². The minimum absolute atomic E-state index is 0.0608. The molecule has 1 aliphatic rings. The van der Waals surface area contributed by atoms with Crippen molar-refractivity contribution in [1.82, 2.24) is 14.7 Å². The van der Waals surface area contributed by atoms with Crippen LogP contribution in [0.1, 0.15) is 5.56 Å². The maximum atomic E-state index is 12.9. The molecule has 2 aromatic rings. The van der Waals surface area contributed by atoms with E-state index in [1.165, 1.54) is 0 Å². The molecule has 0 N–H and O–H groups in total. The van der Waals surface area contributed by atoms with E-state index in [9.17, 15) is 13.2 Å². The fourth-order valence-electron chi connectivity index (χ4n) is 2.74. The molecule has 0 unspecified atom stereocenters. The highest BCUT2D eigenvalue weighted by Gasteiger charge is 2.43. The average molecular weight is 341 g/mol. The summed E-state index contributed by atoms with van der Waals surface area (Å²) in [5, 5.41) is 4.20. The van der Waals surface area contributed by atoms with Gasteiger partial charge in [-0.05, 0) is 29.8 Å². The Bertz CT molecular complexity index is 674. The predicted molar refractivity (Wildman–Crippen MR) is 81.2 cm³/mol. The van der Waals surface area contributed by atoms with Gasteiger partial charge in [-0.25, -0.2) is 4.68 Å². The summed E-state index contributed by atoms with van der Waals surface area (Å²) in [5.41, 5.74) is 1.66. The molecule has 0 amide bonds. The van der Waals surface area contributed by atoms with Crippen LogP contribution in [0.25, 0.3) is 5.69 Å². The van der Waals surface area contributed by atoms with Gasteiger partial charge in [0.05, 0.1) is 19.4 Å². The fourth-order valence-corrected chi connectivity index (χ4v) is 2.74. The molecule has 5 nitrogen and oxygen atoms in total. The van der Waals surface area contributed by atoms with Crippen molar-refractivity contribution in [3.63, 3.8) is 0 Å². The van der Waals surface area contributed by atoms with Gasteiger partial charge in [-0.3, -0.25) is 4.90 Å². The van der Waals surface area contributed by atoms with Crippen molar-refractivity contribution in [3.8, 4) is 11.4 Å². The topological polar surface area (TPSA) is 39.5 Å². The summed E-state index contributed by atoms with van der Waals surface area (Å²) in [6, 6.07) is 7.28. The Balaban J connectivity index is 1.83. The van der Waals surface area contributed by atoms with Crippen molar-refractivity contribution in [2.45, 2.75) is 18.8 Å². The van der Waals surface area contributed by atoms with Crippen molar-refractivity contribution in [2.24, 2.45) is 0 Å². The Hall–Kier alpha value is -2.06. The van der Waals surface area contributed by atoms with E-state index in [0.29, 0.717) is 18.8 Å². The summed E-state index contributed by atoms with van der Waals surface area (Å²) in [5.74, 6) is 0.654. The van der Waals surface area contributed by atoms with Crippen LogP contribution in [0.2, 0.25) is 0 Å². The SMILES string of the molecule is COc1ccc(-n2cccn2)c(CN2CCO[C@H](C(F)(F)F)C2)c1. The molecule has 8 heteroatoms. The molecule has 1 fully saturated rings. The minimum atomic E-state index is -4.35. The number of benzene rings is 1. The van der Waals surface area contributed by atoms with Crippen LogP contribution in [-0.2, 0) is 11.3 Å². The van der Waals surface area contributed by atoms with E-state index in [1.54, 1.807) is 41.2 Å². The Morgan fingerprint density at radius 3 is 2.88 bits per heavy atom. The lowest BCUT2D eigenvalue weighted by Gasteiger charge is -2.34. The lowest BCUT2D eigenvalue weighted by molar-refractivity contribution is -0.237. The maximum Gasteiger partial charge on any atom is 0.415 e.